The van der Waals surface area contributed by atoms with Crippen molar-refractivity contribution in [1.82, 2.24) is 14.4 Å². The van der Waals surface area contributed by atoms with Gasteiger partial charge in [0.05, 0.1) is 6.10 Å². The number of hydrogen-bond donors (Lipinski definition) is 1. The second-order valence-corrected chi connectivity index (χ2v) is 6.09. The van der Waals surface area contributed by atoms with Crippen molar-refractivity contribution < 1.29 is 14.3 Å². The zero-order valence-electron chi connectivity index (χ0n) is 15.1. The van der Waals surface area contributed by atoms with Crippen molar-refractivity contribution in [2.24, 2.45) is 0 Å². The first-order valence-corrected chi connectivity index (χ1v) is 8.28. The van der Waals surface area contributed by atoms with Gasteiger partial charge in [0.2, 0.25) is 0 Å². The lowest BCUT2D eigenvalue weighted by Crippen LogP contribution is -2.18. The largest absolute Gasteiger partial charge is 0.458 e. The molecule has 0 bridgehead atoms. The third-order valence-corrected chi connectivity index (χ3v) is 3.72. The molecule has 0 aliphatic heterocycles. The molecule has 3 aromatic rings. The number of imidazole rings is 1. The summed E-state index contributed by atoms with van der Waals surface area (Å²) in [5, 5.41) is 12.0. The molecule has 0 aliphatic carbocycles. The summed E-state index contributed by atoms with van der Waals surface area (Å²) in [6, 6.07) is 10.5. The molecular formula is C19H17N5O3. The average Bonchev–Trinajstić information content (AvgIpc) is 2.98. The Kier molecular flexibility index (Phi) is 4.86. The number of aromatic nitrogens is 3. The summed E-state index contributed by atoms with van der Waals surface area (Å²) in [5.74, 6) is -0.493. The van der Waals surface area contributed by atoms with E-state index < -0.39 is 11.9 Å². The van der Waals surface area contributed by atoms with Crippen LogP contribution in [-0.2, 0) is 4.74 Å². The molecule has 2 heterocycles. The molecule has 0 saturated heterocycles. The van der Waals surface area contributed by atoms with Crippen LogP contribution in [0.3, 0.4) is 0 Å². The van der Waals surface area contributed by atoms with E-state index in [1.165, 1.54) is 6.20 Å². The lowest BCUT2D eigenvalue weighted by atomic mass is 10.2. The Balaban J connectivity index is 2.12. The molecule has 0 saturated carbocycles. The Bertz CT molecular complexity index is 1060. The number of anilines is 1. The summed E-state index contributed by atoms with van der Waals surface area (Å²) in [6.45, 7) is 5.14. The Hall–Kier alpha value is -3.73. The number of aryl methyl sites for hydroxylation is 1. The van der Waals surface area contributed by atoms with Gasteiger partial charge in [-0.1, -0.05) is 18.2 Å². The molecule has 0 fully saturated rings. The quantitative estimate of drug-likeness (QED) is 0.714. The van der Waals surface area contributed by atoms with Crippen molar-refractivity contribution in [3.8, 4) is 6.07 Å². The van der Waals surface area contributed by atoms with Gasteiger partial charge in [-0.05, 0) is 32.9 Å². The van der Waals surface area contributed by atoms with E-state index in [9.17, 15) is 14.9 Å². The molecule has 0 unspecified atom stereocenters. The first-order chi connectivity index (χ1) is 12.9. The molecule has 0 spiro atoms. The molecule has 3 rings (SSSR count). The van der Waals surface area contributed by atoms with Gasteiger partial charge in [0.15, 0.2) is 17.2 Å². The van der Waals surface area contributed by atoms with Gasteiger partial charge in [-0.2, -0.15) is 5.26 Å². The van der Waals surface area contributed by atoms with E-state index in [0.717, 1.165) is 0 Å². The lowest BCUT2D eigenvalue weighted by Gasteiger charge is -2.11. The lowest BCUT2D eigenvalue weighted by molar-refractivity contribution is 0.0370. The Labute approximate surface area is 155 Å². The zero-order valence-corrected chi connectivity index (χ0v) is 15.1. The van der Waals surface area contributed by atoms with Crippen LogP contribution in [0.5, 0.6) is 0 Å². The fraction of sp³-hybridized carbons (Fsp3) is 0.211. The fourth-order valence-electron chi connectivity index (χ4n) is 2.56. The SMILES string of the molecule is Cc1nc(C#N)c2c(NC(=O)c3ccccc3)nc(C(=O)OC(C)C)cn12. The van der Waals surface area contributed by atoms with Crippen molar-refractivity contribution in [2.45, 2.75) is 26.9 Å². The number of nitrogens with zero attached hydrogens (tertiary/aromatic N) is 4. The Morgan fingerprint density at radius 2 is 1.93 bits per heavy atom. The van der Waals surface area contributed by atoms with Crippen LogP contribution in [0.1, 0.15) is 46.2 Å². The van der Waals surface area contributed by atoms with Crippen LogP contribution < -0.4 is 5.32 Å². The van der Waals surface area contributed by atoms with Gasteiger partial charge in [0.25, 0.3) is 5.91 Å². The summed E-state index contributed by atoms with van der Waals surface area (Å²) in [6.07, 6.45) is 1.12. The molecule has 27 heavy (non-hydrogen) atoms. The number of rotatable bonds is 4. The average molecular weight is 363 g/mol. The maximum absolute atomic E-state index is 12.5. The molecule has 1 aromatic carbocycles. The number of amides is 1. The molecule has 1 N–H and O–H groups in total. The van der Waals surface area contributed by atoms with Crippen molar-refractivity contribution in [2.75, 3.05) is 5.32 Å². The van der Waals surface area contributed by atoms with Crippen molar-refractivity contribution in [3.63, 3.8) is 0 Å². The fourth-order valence-corrected chi connectivity index (χ4v) is 2.56. The monoisotopic (exact) mass is 363 g/mol. The van der Waals surface area contributed by atoms with E-state index in [4.69, 9.17) is 4.74 Å². The summed E-state index contributed by atoms with van der Waals surface area (Å²) >= 11 is 0. The van der Waals surface area contributed by atoms with Gasteiger partial charge >= 0.3 is 5.97 Å². The zero-order chi connectivity index (χ0) is 19.6. The number of carbonyl (C=O) groups is 2. The highest BCUT2D eigenvalue weighted by Gasteiger charge is 2.21. The molecule has 0 aliphatic rings. The van der Waals surface area contributed by atoms with Crippen LogP contribution in [0, 0.1) is 18.3 Å². The van der Waals surface area contributed by atoms with E-state index in [2.05, 4.69) is 15.3 Å². The molecular weight excluding hydrogens is 346 g/mol. The highest BCUT2D eigenvalue weighted by molar-refractivity contribution is 6.06. The molecule has 136 valence electrons. The second-order valence-electron chi connectivity index (χ2n) is 6.09. The first kappa shape index (κ1) is 18.1. The number of nitriles is 1. The van der Waals surface area contributed by atoms with Gasteiger partial charge in [0.1, 0.15) is 17.4 Å². The maximum Gasteiger partial charge on any atom is 0.358 e. The Morgan fingerprint density at radius 3 is 2.56 bits per heavy atom. The molecule has 8 nitrogen and oxygen atoms in total. The van der Waals surface area contributed by atoms with Gasteiger partial charge in [-0.15, -0.1) is 0 Å². The second kappa shape index (κ2) is 7.25. The van der Waals surface area contributed by atoms with Gasteiger partial charge < -0.3 is 10.1 Å². The number of nitrogens with one attached hydrogen (secondary N) is 1. The molecule has 2 aromatic heterocycles. The third-order valence-electron chi connectivity index (χ3n) is 3.72. The predicted octanol–water partition coefficient (Wildman–Crippen LogP) is 2.73. The van der Waals surface area contributed by atoms with Gasteiger partial charge in [0, 0.05) is 11.8 Å². The minimum atomic E-state index is -0.631. The van der Waals surface area contributed by atoms with E-state index in [1.54, 1.807) is 55.5 Å². The van der Waals surface area contributed by atoms with Crippen LogP contribution in [0.4, 0.5) is 5.82 Å². The predicted molar refractivity (Wildman–Crippen MR) is 97.4 cm³/mol. The number of esters is 1. The van der Waals surface area contributed by atoms with E-state index in [0.29, 0.717) is 16.9 Å². The van der Waals surface area contributed by atoms with E-state index in [-0.39, 0.29) is 23.3 Å². The molecule has 8 heteroatoms. The number of ether oxygens (including phenoxy) is 1. The number of hydrogen-bond acceptors (Lipinski definition) is 6. The van der Waals surface area contributed by atoms with E-state index >= 15 is 0 Å². The van der Waals surface area contributed by atoms with Crippen LogP contribution in [0.2, 0.25) is 0 Å². The minimum Gasteiger partial charge on any atom is -0.458 e. The number of fused-ring (bicyclic) bond motifs is 1. The van der Waals surface area contributed by atoms with E-state index in [1.807, 2.05) is 6.07 Å². The molecule has 0 atom stereocenters. The minimum absolute atomic E-state index is 0.00421. The summed E-state index contributed by atoms with van der Waals surface area (Å²) in [4.78, 5) is 33.2. The van der Waals surface area contributed by atoms with Crippen LogP contribution >= 0.6 is 0 Å². The van der Waals surface area contributed by atoms with Crippen LogP contribution in [0.15, 0.2) is 36.5 Å². The Morgan fingerprint density at radius 1 is 1.22 bits per heavy atom. The third kappa shape index (κ3) is 3.62. The first-order valence-electron chi connectivity index (χ1n) is 8.28. The number of carbonyl (C=O) groups excluding carboxylic acids is 2. The van der Waals surface area contributed by atoms with Crippen molar-refractivity contribution >= 4 is 23.2 Å². The maximum atomic E-state index is 12.5. The van der Waals surface area contributed by atoms with Gasteiger partial charge in [-0.3, -0.25) is 9.20 Å². The normalized spacial score (nSPS) is 10.6. The van der Waals surface area contributed by atoms with Crippen LogP contribution in [-0.4, -0.2) is 32.3 Å². The van der Waals surface area contributed by atoms with Crippen molar-refractivity contribution in [1.29, 1.82) is 5.26 Å². The summed E-state index contributed by atoms with van der Waals surface area (Å²) in [5.41, 5.74) is 0.847. The molecule has 0 radical (unpaired) electrons. The van der Waals surface area contributed by atoms with Crippen LogP contribution in [0.25, 0.3) is 5.52 Å². The number of benzene rings is 1. The summed E-state index contributed by atoms with van der Waals surface area (Å²) < 4.78 is 6.73. The van der Waals surface area contributed by atoms with Gasteiger partial charge in [-0.25, -0.2) is 14.8 Å². The smallest absolute Gasteiger partial charge is 0.358 e. The highest BCUT2D eigenvalue weighted by atomic mass is 16.5. The topological polar surface area (TPSA) is 109 Å². The molecule has 1 amide bonds. The highest BCUT2D eigenvalue weighted by Crippen LogP contribution is 2.22. The van der Waals surface area contributed by atoms with Crippen molar-refractivity contribution in [3.05, 3.63) is 59.3 Å². The summed E-state index contributed by atoms with van der Waals surface area (Å²) in [7, 11) is 0. The standard InChI is InChI=1S/C19H17N5O3/c1-11(2)27-19(26)15-10-24-12(3)21-14(9-20)16(24)17(22-15)23-18(25)13-7-5-4-6-8-13/h4-8,10-11H,1-3H3,(H,22,23,25).